The van der Waals surface area contributed by atoms with Gasteiger partial charge in [0.1, 0.15) is 30.5 Å². The summed E-state index contributed by atoms with van der Waals surface area (Å²) in [5, 5.41) is 12.5. The first kappa shape index (κ1) is 28.0. The lowest BCUT2D eigenvalue weighted by atomic mass is 9.96. The standard InChI is InChI=1S/C32H31NO5S2/c1-4-5-23(14-31(34)35)24-7-11-30(33-15-24)37-16-22-6-10-29-27(13-22)28(17-39-29)26-9-8-25(12-21(26)2)38-18-32(3)19-40(36)20-32/h6-13,15,17,23H,14,16,18-20H2,1-3H3,(H,34,35). The van der Waals surface area contributed by atoms with Gasteiger partial charge in [0.15, 0.2) is 0 Å². The van der Waals surface area contributed by atoms with Gasteiger partial charge in [0.2, 0.25) is 5.88 Å². The third-order valence-corrected chi connectivity index (χ3v) is 9.98. The highest BCUT2D eigenvalue weighted by atomic mass is 32.2. The first-order chi connectivity index (χ1) is 19.2. The molecule has 3 heterocycles. The van der Waals surface area contributed by atoms with Crippen molar-refractivity contribution in [3.63, 3.8) is 0 Å². The van der Waals surface area contributed by atoms with Gasteiger partial charge in [-0.2, -0.15) is 0 Å². The highest BCUT2D eigenvalue weighted by Crippen LogP contribution is 2.38. The monoisotopic (exact) mass is 573 g/mol. The summed E-state index contributed by atoms with van der Waals surface area (Å²) in [6.07, 6.45) is 1.57. The Balaban J connectivity index is 1.27. The molecule has 1 aliphatic rings. The molecule has 0 aliphatic carbocycles. The first-order valence-electron chi connectivity index (χ1n) is 13.0. The van der Waals surface area contributed by atoms with Crippen molar-refractivity contribution in [2.24, 2.45) is 5.41 Å². The summed E-state index contributed by atoms with van der Waals surface area (Å²) in [7, 11) is 0. The SMILES string of the molecule is CC#CC(CC(=O)O)c1ccc(OCc2ccc3scc(-c4ccc(OCC5(C)C[S+]([O-])C5)cc4C)c3c2)nc1. The molecule has 1 unspecified atom stereocenters. The van der Waals surface area contributed by atoms with Crippen molar-refractivity contribution >= 4 is 38.6 Å². The number of pyridine rings is 1. The molecule has 1 N–H and O–H groups in total. The van der Waals surface area contributed by atoms with Crippen LogP contribution in [0.25, 0.3) is 21.2 Å². The lowest BCUT2D eigenvalue weighted by Crippen LogP contribution is -2.50. The molecule has 6 nitrogen and oxygen atoms in total. The van der Waals surface area contributed by atoms with Crippen molar-refractivity contribution in [2.75, 3.05) is 18.1 Å². The third-order valence-electron chi connectivity index (χ3n) is 6.98. The summed E-state index contributed by atoms with van der Waals surface area (Å²) < 4.78 is 24.7. The summed E-state index contributed by atoms with van der Waals surface area (Å²) in [6.45, 7) is 6.86. The zero-order valence-corrected chi connectivity index (χ0v) is 24.4. The first-order valence-corrected chi connectivity index (χ1v) is 15.4. The van der Waals surface area contributed by atoms with Crippen LogP contribution in [-0.4, -0.2) is 38.7 Å². The summed E-state index contributed by atoms with van der Waals surface area (Å²) in [4.78, 5) is 15.5. The van der Waals surface area contributed by atoms with E-state index in [-0.39, 0.29) is 11.8 Å². The van der Waals surface area contributed by atoms with Gasteiger partial charge >= 0.3 is 5.97 Å². The van der Waals surface area contributed by atoms with E-state index in [1.54, 1.807) is 30.5 Å². The largest absolute Gasteiger partial charge is 0.616 e. The second kappa shape index (κ2) is 11.9. The van der Waals surface area contributed by atoms with Crippen molar-refractivity contribution in [3.05, 3.63) is 76.8 Å². The van der Waals surface area contributed by atoms with Crippen LogP contribution in [0.1, 0.15) is 42.9 Å². The average Bonchev–Trinajstić information content (AvgIpc) is 3.33. The number of nitrogens with zero attached hydrogens (tertiary/aromatic N) is 1. The van der Waals surface area contributed by atoms with E-state index in [4.69, 9.17) is 14.6 Å². The highest BCUT2D eigenvalue weighted by Gasteiger charge is 2.45. The Hall–Kier alpha value is -3.51. The maximum Gasteiger partial charge on any atom is 0.304 e. The summed E-state index contributed by atoms with van der Waals surface area (Å²) >= 11 is 1.02. The van der Waals surface area contributed by atoms with Crippen LogP contribution < -0.4 is 9.47 Å². The Bertz CT molecular complexity index is 1580. The van der Waals surface area contributed by atoms with Crippen molar-refractivity contribution in [1.82, 2.24) is 4.98 Å². The van der Waals surface area contributed by atoms with Gasteiger partial charge in [0, 0.05) is 27.9 Å². The van der Waals surface area contributed by atoms with Crippen molar-refractivity contribution in [3.8, 4) is 34.6 Å². The molecule has 1 saturated heterocycles. The molecule has 2 aromatic heterocycles. The number of thiophene rings is 1. The molecule has 0 amide bonds. The minimum absolute atomic E-state index is 0.00351. The number of aliphatic carboxylic acids is 1. The van der Waals surface area contributed by atoms with E-state index in [0.717, 1.165) is 28.0 Å². The van der Waals surface area contributed by atoms with E-state index in [1.165, 1.54) is 15.6 Å². The Labute approximate surface area is 241 Å². The van der Waals surface area contributed by atoms with Crippen LogP contribution in [0, 0.1) is 24.2 Å². The van der Waals surface area contributed by atoms with E-state index in [0.29, 0.717) is 30.6 Å². The molecule has 2 aromatic carbocycles. The predicted octanol–water partition coefficient (Wildman–Crippen LogP) is 6.58. The van der Waals surface area contributed by atoms with Gasteiger partial charge < -0.3 is 19.1 Å². The van der Waals surface area contributed by atoms with Gasteiger partial charge in [0.25, 0.3) is 0 Å². The number of carbonyl (C=O) groups is 1. The third kappa shape index (κ3) is 6.44. The second-order valence-electron chi connectivity index (χ2n) is 10.5. The molecule has 8 heteroatoms. The van der Waals surface area contributed by atoms with Crippen LogP contribution in [0.15, 0.2) is 60.1 Å². The maximum atomic E-state index is 11.5. The molecule has 40 heavy (non-hydrogen) atoms. The van der Waals surface area contributed by atoms with Gasteiger partial charge in [-0.05, 0) is 72.7 Å². The molecule has 0 saturated carbocycles. The quantitative estimate of drug-likeness (QED) is 0.170. The molecule has 1 fully saturated rings. The molecule has 1 aliphatic heterocycles. The molecule has 1 atom stereocenters. The fourth-order valence-electron chi connectivity index (χ4n) is 4.92. The number of fused-ring (bicyclic) bond motifs is 1. The minimum atomic E-state index is -0.895. The Morgan fingerprint density at radius 1 is 1.18 bits per heavy atom. The van der Waals surface area contributed by atoms with Crippen molar-refractivity contribution in [1.29, 1.82) is 0 Å². The van der Waals surface area contributed by atoms with Gasteiger partial charge in [-0.1, -0.05) is 35.3 Å². The number of ether oxygens (including phenoxy) is 2. The lowest BCUT2D eigenvalue weighted by molar-refractivity contribution is -0.137. The van der Waals surface area contributed by atoms with Crippen molar-refractivity contribution in [2.45, 2.75) is 39.7 Å². The van der Waals surface area contributed by atoms with Gasteiger partial charge in [-0.25, -0.2) is 4.98 Å². The average molecular weight is 574 g/mol. The van der Waals surface area contributed by atoms with Crippen LogP contribution in [0.3, 0.4) is 0 Å². The molecular weight excluding hydrogens is 542 g/mol. The molecule has 4 aromatic rings. The zero-order chi connectivity index (χ0) is 28.3. The second-order valence-corrected chi connectivity index (χ2v) is 12.9. The molecule has 0 spiro atoms. The number of carboxylic acids is 1. The van der Waals surface area contributed by atoms with Gasteiger partial charge in [-0.15, -0.1) is 17.3 Å². The molecule has 206 valence electrons. The maximum absolute atomic E-state index is 11.5. The number of aromatic nitrogens is 1. The fourth-order valence-corrected chi connectivity index (χ4v) is 7.50. The number of carboxylic acid groups (broad SMARTS) is 1. The number of rotatable bonds is 10. The van der Waals surface area contributed by atoms with Gasteiger partial charge in [-0.3, -0.25) is 4.79 Å². The van der Waals surface area contributed by atoms with Crippen LogP contribution in [0.5, 0.6) is 11.6 Å². The summed E-state index contributed by atoms with van der Waals surface area (Å²) in [6, 6.07) is 16.1. The van der Waals surface area contributed by atoms with Crippen LogP contribution in [0.4, 0.5) is 0 Å². The Kier molecular flexibility index (Phi) is 8.36. The highest BCUT2D eigenvalue weighted by molar-refractivity contribution is 7.92. The van der Waals surface area contributed by atoms with Crippen LogP contribution in [0.2, 0.25) is 0 Å². The Morgan fingerprint density at radius 3 is 2.67 bits per heavy atom. The van der Waals surface area contributed by atoms with Crippen molar-refractivity contribution < 1.29 is 23.9 Å². The molecule has 0 radical (unpaired) electrons. The molecule has 5 rings (SSSR count). The number of aryl methyl sites for hydroxylation is 1. The number of benzene rings is 2. The van der Waals surface area contributed by atoms with E-state index in [1.807, 2.05) is 12.1 Å². The fraction of sp³-hybridized carbons (Fsp3) is 0.312. The zero-order valence-electron chi connectivity index (χ0n) is 22.7. The van der Waals surface area contributed by atoms with E-state index in [2.05, 4.69) is 66.4 Å². The van der Waals surface area contributed by atoms with E-state index >= 15 is 0 Å². The smallest absolute Gasteiger partial charge is 0.304 e. The van der Waals surface area contributed by atoms with Crippen LogP contribution in [-0.2, 0) is 22.6 Å². The topological polar surface area (TPSA) is 91.7 Å². The number of hydrogen-bond acceptors (Lipinski definition) is 6. The van der Waals surface area contributed by atoms with Gasteiger partial charge in [0.05, 0.1) is 17.8 Å². The summed E-state index contributed by atoms with van der Waals surface area (Å²) in [5.74, 6) is 7.17. The lowest BCUT2D eigenvalue weighted by Gasteiger charge is -2.38. The molecular formula is C32H31NO5S2. The number of hydrogen-bond donors (Lipinski definition) is 1. The van der Waals surface area contributed by atoms with E-state index < -0.39 is 23.1 Å². The van der Waals surface area contributed by atoms with Crippen LogP contribution >= 0.6 is 11.3 Å². The molecule has 0 bridgehead atoms. The Morgan fingerprint density at radius 2 is 2.00 bits per heavy atom. The summed E-state index contributed by atoms with van der Waals surface area (Å²) in [5.41, 5.74) is 5.27. The predicted molar refractivity (Wildman–Crippen MR) is 160 cm³/mol. The minimum Gasteiger partial charge on any atom is -0.616 e. The van der Waals surface area contributed by atoms with E-state index in [9.17, 15) is 9.35 Å². The normalized spacial score (nSPS) is 18.9.